The Kier molecular flexibility index (Phi) is 27.9. The zero-order valence-electron chi connectivity index (χ0n) is 60.6. The molecule has 3 aliphatic heterocycles. The van der Waals surface area contributed by atoms with Crippen LogP contribution in [-0.4, -0.2) is 53.0 Å². The summed E-state index contributed by atoms with van der Waals surface area (Å²) in [5.74, 6) is 2.28. The number of fused-ring (bicyclic) bond motifs is 1. The van der Waals surface area contributed by atoms with Gasteiger partial charge >= 0.3 is 7.12 Å². The molecule has 11 heterocycles. The van der Waals surface area contributed by atoms with Gasteiger partial charge in [0.15, 0.2) is 0 Å². The minimum Gasteiger partial charge on any atom is -0.399 e. The van der Waals surface area contributed by atoms with Gasteiger partial charge in [0.2, 0.25) is 0 Å². The number of unbranched alkanes of at least 4 members (excludes halogenated alkanes) is 9. The second kappa shape index (κ2) is 35.7. The van der Waals surface area contributed by atoms with E-state index < -0.39 is 0 Å². The first-order valence-electron chi connectivity index (χ1n) is 37.0. The molecule has 0 aliphatic carbocycles. The maximum absolute atomic E-state index is 15.4. The van der Waals surface area contributed by atoms with Crippen molar-refractivity contribution in [3.8, 4) is 48.8 Å². The fraction of sp³-hybridized carbons (Fsp3) is 0.537. The molecular weight excluding hydrogens is 1340 g/mol. The van der Waals surface area contributed by atoms with Gasteiger partial charge in [-0.3, -0.25) is 9.59 Å². The van der Waals surface area contributed by atoms with E-state index in [0.717, 1.165) is 64.4 Å². The lowest BCUT2D eigenvalue weighted by Crippen LogP contribution is -2.41. The van der Waals surface area contributed by atoms with Gasteiger partial charge in [0.25, 0.3) is 11.8 Å². The van der Waals surface area contributed by atoms with Crippen LogP contribution in [0.4, 0.5) is 0 Å². The molecule has 11 rings (SSSR count). The van der Waals surface area contributed by atoms with Crippen LogP contribution in [0.5, 0.6) is 0 Å². The van der Waals surface area contributed by atoms with Crippen molar-refractivity contribution in [3.63, 3.8) is 0 Å². The van der Waals surface area contributed by atoms with E-state index in [1.54, 1.807) is 34.0 Å². The summed E-state index contributed by atoms with van der Waals surface area (Å²) < 4.78 is 13.5. The molecule has 6 nitrogen and oxygen atoms in total. The highest BCUT2D eigenvalue weighted by Gasteiger charge is 2.53. The lowest BCUT2D eigenvalue weighted by atomic mass is 9.88. The van der Waals surface area contributed by atoms with Crippen LogP contribution >= 0.6 is 90.7 Å². The van der Waals surface area contributed by atoms with Crippen LogP contribution < -0.4 is 4.78 Å². The van der Waals surface area contributed by atoms with Crippen molar-refractivity contribution in [2.24, 2.45) is 23.7 Å². The number of carbonyl (C=O) groups is 2. The topological polar surface area (TPSA) is 59.1 Å². The number of thiophene rings is 8. The Morgan fingerprint density at radius 2 is 0.649 bits per heavy atom. The maximum Gasteiger partial charge on any atom is 0.505 e. The standard InChI is InChI=1S/C62H80N2O2S6.C20H29BO2S2/c1-9-11-13-15-23-45-25-27-47(67-45)49-29-31-51(69-49)53-33-35-55(71-53)59-57-58(62(66)63(59)39-37-43(7)21-17-19-41(3)4)60(64(61(57)65)40-38-44(8)22-18-20-42(5)6)56-36-34-54(72-56)52-32-30-50(70-52)48-28-26-46(68-48)24-16-14-12-10-2;1-6-7-8-9-10-15-11-12-16(24-15)17-13-14-18(25-17)21-22-19(2,3)20(4,5)23-21/h25-36,41-44H,9-24,37-40H2,1-8H3;11-14H,6-10H2,1-5H3/t43-,44-;/m0./s1. The normalized spacial score (nSPS) is 16.0. The van der Waals surface area contributed by atoms with E-state index in [0.29, 0.717) is 47.9 Å². The van der Waals surface area contributed by atoms with E-state index in [1.807, 2.05) is 66.5 Å². The lowest BCUT2D eigenvalue weighted by molar-refractivity contribution is -0.124. The molecule has 1 saturated heterocycles. The molecule has 2 atom stereocenters. The fourth-order valence-electron chi connectivity index (χ4n) is 13.2. The molecule has 0 radical (unpaired) electrons. The summed E-state index contributed by atoms with van der Waals surface area (Å²) in [7, 11) is -0.253. The molecule has 0 N–H and O–H groups in total. The average molecular weight is 1450 g/mol. The summed E-state index contributed by atoms with van der Waals surface area (Å²) in [4.78, 5) is 54.1. The van der Waals surface area contributed by atoms with Gasteiger partial charge in [0.05, 0.1) is 43.5 Å². The molecule has 3 aliphatic rings. The predicted molar refractivity (Wildman–Crippen MR) is 431 cm³/mol. The molecule has 97 heavy (non-hydrogen) atoms. The number of aryl methyl sites for hydroxylation is 3. The van der Waals surface area contributed by atoms with Crippen LogP contribution in [0.2, 0.25) is 0 Å². The fourth-order valence-corrected chi connectivity index (χ4v) is 21.9. The third-order valence-electron chi connectivity index (χ3n) is 19.9. The van der Waals surface area contributed by atoms with Crippen LogP contribution in [-0.2, 0) is 38.2 Å². The lowest BCUT2D eigenvalue weighted by Gasteiger charge is -2.32. The SMILES string of the molecule is CCCCCCc1ccc(-c2ccc(-c3ccc(C4=C5C(=O)N(CC[C@@H](C)CCCC(C)C)C(c6ccc(-c7ccc(-c8ccc(CCCCCC)s8)s7)s6)=C5C(=O)N4CC[C@@H](C)CCCC(C)C)s3)s2)s1.CCCCCCc1ccc(-c2ccc(B3OC(C)(C)C(C)(C)O3)s2)s1. The van der Waals surface area contributed by atoms with E-state index in [1.165, 1.54) is 173 Å². The molecule has 522 valence electrons. The van der Waals surface area contributed by atoms with E-state index in [9.17, 15) is 0 Å². The molecule has 2 amide bonds. The molecule has 8 aromatic rings. The molecule has 0 aromatic carbocycles. The summed E-state index contributed by atoms with van der Waals surface area (Å²) in [5.41, 5.74) is 2.29. The Labute approximate surface area is 616 Å². The van der Waals surface area contributed by atoms with E-state index >= 15 is 9.59 Å². The second-order valence-corrected chi connectivity index (χ2v) is 38.4. The largest absolute Gasteiger partial charge is 0.505 e. The Morgan fingerprint density at radius 1 is 0.351 bits per heavy atom. The van der Waals surface area contributed by atoms with Gasteiger partial charge in [-0.25, -0.2) is 0 Å². The number of amides is 2. The van der Waals surface area contributed by atoms with Crippen molar-refractivity contribution in [2.75, 3.05) is 13.1 Å². The highest BCUT2D eigenvalue weighted by atomic mass is 32.1. The van der Waals surface area contributed by atoms with Gasteiger partial charge in [-0.1, -0.05) is 165 Å². The highest BCUT2D eigenvalue weighted by molar-refractivity contribution is 7.29. The molecule has 0 bridgehead atoms. The number of hydrogen-bond donors (Lipinski definition) is 0. The summed E-state index contributed by atoms with van der Waals surface area (Å²) in [6, 6.07) is 36.0. The first-order chi connectivity index (χ1) is 46.7. The van der Waals surface area contributed by atoms with Gasteiger partial charge in [0, 0.05) is 81.3 Å². The van der Waals surface area contributed by atoms with Crippen molar-refractivity contribution in [1.29, 1.82) is 0 Å². The Bertz CT molecular complexity index is 3660. The Hall–Kier alpha value is -4.00. The number of rotatable bonds is 37. The summed E-state index contributed by atoms with van der Waals surface area (Å²) >= 11 is 14.7. The minimum atomic E-state index is -0.281. The molecule has 15 heteroatoms. The van der Waals surface area contributed by atoms with E-state index in [-0.39, 0.29) is 30.1 Å². The third-order valence-corrected chi connectivity index (χ3v) is 29.7. The summed E-state index contributed by atoms with van der Waals surface area (Å²) in [5, 5.41) is 0. The minimum absolute atomic E-state index is 0.0154. The first kappa shape index (κ1) is 75.7. The van der Waals surface area contributed by atoms with Gasteiger partial charge in [-0.2, -0.15) is 0 Å². The van der Waals surface area contributed by atoms with Crippen LogP contribution in [0.3, 0.4) is 0 Å². The van der Waals surface area contributed by atoms with Crippen LogP contribution in [0, 0.1) is 23.7 Å². The van der Waals surface area contributed by atoms with Crippen LogP contribution in [0.25, 0.3) is 60.2 Å². The highest BCUT2D eigenvalue weighted by Crippen LogP contribution is 2.52. The maximum atomic E-state index is 15.4. The van der Waals surface area contributed by atoms with Crippen molar-refractivity contribution >= 4 is 126 Å². The van der Waals surface area contributed by atoms with Crippen LogP contribution in [0.1, 0.15) is 243 Å². The number of nitrogens with zero attached hydrogens (tertiary/aromatic N) is 2. The summed E-state index contributed by atoms with van der Waals surface area (Å²) in [6.07, 6.45) is 28.0. The van der Waals surface area contributed by atoms with E-state index in [2.05, 4.69) is 187 Å². The second-order valence-electron chi connectivity index (χ2n) is 29.5. The van der Waals surface area contributed by atoms with Gasteiger partial charge in [-0.05, 0) is 194 Å². The number of carbonyl (C=O) groups excluding carboxylic acids is 2. The van der Waals surface area contributed by atoms with Gasteiger partial charge in [0.1, 0.15) is 0 Å². The first-order valence-corrected chi connectivity index (χ1v) is 43.5. The third kappa shape index (κ3) is 19.6. The number of hydrogen-bond acceptors (Lipinski definition) is 12. The van der Waals surface area contributed by atoms with Crippen molar-refractivity contribution in [3.05, 3.63) is 133 Å². The Balaban J connectivity index is 0.000000341. The van der Waals surface area contributed by atoms with E-state index in [4.69, 9.17) is 9.31 Å². The van der Waals surface area contributed by atoms with Crippen molar-refractivity contribution in [1.82, 2.24) is 9.80 Å². The molecular formula is C82H109BN2O4S8. The zero-order valence-corrected chi connectivity index (χ0v) is 67.1. The molecule has 0 spiro atoms. The summed E-state index contributed by atoms with van der Waals surface area (Å²) in [6.45, 7) is 30.3. The molecule has 0 unspecified atom stereocenters. The molecule has 8 aromatic heterocycles. The van der Waals surface area contributed by atoms with Gasteiger partial charge in [-0.15, -0.1) is 90.7 Å². The zero-order chi connectivity index (χ0) is 68.8. The van der Waals surface area contributed by atoms with Crippen molar-refractivity contribution in [2.45, 2.75) is 249 Å². The molecule has 1 fully saturated rings. The predicted octanol–water partition coefficient (Wildman–Crippen LogP) is 26.4. The van der Waals surface area contributed by atoms with Crippen molar-refractivity contribution < 1.29 is 18.9 Å². The van der Waals surface area contributed by atoms with Gasteiger partial charge < -0.3 is 19.1 Å². The monoisotopic (exact) mass is 1450 g/mol. The average Bonchev–Trinajstić information content (AvgIpc) is 1.53. The quantitative estimate of drug-likeness (QED) is 0.0288. The van der Waals surface area contributed by atoms with Crippen LogP contribution in [0.15, 0.2) is 108 Å². The molecule has 0 saturated carbocycles. The Morgan fingerprint density at radius 3 is 0.990 bits per heavy atom. The smallest absolute Gasteiger partial charge is 0.399 e.